The van der Waals surface area contributed by atoms with Gasteiger partial charge in [0.15, 0.2) is 0 Å². The van der Waals surface area contributed by atoms with Gasteiger partial charge in [0.05, 0.1) is 0 Å². The third-order valence-corrected chi connectivity index (χ3v) is 25.4. The molecule has 1 aromatic rings. The van der Waals surface area contributed by atoms with E-state index >= 15 is 0 Å². The third-order valence-electron chi connectivity index (χ3n) is 17.0. The number of rotatable bonds is 5. The van der Waals surface area contributed by atoms with Crippen LogP contribution in [0.2, 0.25) is 3.63 Å². The minimum Gasteiger partial charge on any atom is -1.00 e. The average molecular weight is 801 g/mol. The summed E-state index contributed by atoms with van der Waals surface area (Å²) >= 11 is -2.69. The molecule has 6 aliphatic rings. The minimum absolute atomic E-state index is 0. The van der Waals surface area contributed by atoms with E-state index in [0.717, 1.165) is 6.42 Å². The maximum atomic E-state index is 2.98. The van der Waals surface area contributed by atoms with Crippen molar-refractivity contribution in [2.45, 2.75) is 99.6 Å². The summed E-state index contributed by atoms with van der Waals surface area (Å²) in [5.74, 6) is 1.02. The molecule has 272 valence electrons. The van der Waals surface area contributed by atoms with Crippen molar-refractivity contribution < 1.29 is 46.1 Å². The van der Waals surface area contributed by atoms with Gasteiger partial charge < -0.3 is 24.8 Å². The second-order valence-electron chi connectivity index (χ2n) is 18.8. The fraction of sp³-hybridized carbons (Fsp3) is 0.521. The molecule has 0 aromatic heterocycles. The monoisotopic (exact) mass is 798 g/mol. The van der Waals surface area contributed by atoms with Crippen LogP contribution in [0.3, 0.4) is 0 Å². The van der Waals surface area contributed by atoms with E-state index in [2.05, 4.69) is 196 Å². The van der Waals surface area contributed by atoms with Gasteiger partial charge in [0.2, 0.25) is 0 Å². The minimum atomic E-state index is -2.69. The molecule has 2 fully saturated rings. The first kappa shape index (κ1) is 40.7. The summed E-state index contributed by atoms with van der Waals surface area (Å²) < 4.78 is 5.41. The molecule has 10 unspecified atom stereocenters. The second-order valence-corrected chi connectivity index (χ2v) is 25.0. The first-order valence-electron chi connectivity index (χ1n) is 19.2. The maximum Gasteiger partial charge on any atom is -1.00 e. The van der Waals surface area contributed by atoms with Crippen molar-refractivity contribution in [2.24, 2.45) is 55.2 Å². The molecule has 0 amide bonds. The van der Waals surface area contributed by atoms with E-state index in [1.165, 1.54) is 12.0 Å². The van der Waals surface area contributed by atoms with E-state index in [-0.39, 0.29) is 68.1 Å². The summed E-state index contributed by atoms with van der Waals surface area (Å²) in [7, 11) is 0. The predicted octanol–water partition coefficient (Wildman–Crippen LogP) is 6.80. The molecule has 3 heteroatoms. The zero-order chi connectivity index (χ0) is 35.5. The third kappa shape index (κ3) is 4.75. The van der Waals surface area contributed by atoms with Crippen LogP contribution >= 0.6 is 0 Å². The van der Waals surface area contributed by atoms with Gasteiger partial charge in [-0.3, -0.25) is 0 Å². The summed E-state index contributed by atoms with van der Waals surface area (Å²) in [6.07, 6.45) is 35.6. The number of hydrogen-bond acceptors (Lipinski definition) is 0. The van der Waals surface area contributed by atoms with E-state index in [4.69, 9.17) is 0 Å². The molecule has 6 aliphatic carbocycles. The summed E-state index contributed by atoms with van der Waals surface area (Å²) in [4.78, 5) is 0. The molecular formula is C48H62Cl2Zr. The Kier molecular flexibility index (Phi) is 10.4. The normalized spacial score (nSPS) is 42.8. The van der Waals surface area contributed by atoms with E-state index in [0.29, 0.717) is 15.5 Å². The Hall–Kier alpha value is -1.53. The number of hydrogen-bond donors (Lipinski definition) is 0. The summed E-state index contributed by atoms with van der Waals surface area (Å²) in [5, 5.41) is 0. The van der Waals surface area contributed by atoms with Crippen molar-refractivity contribution in [1.29, 1.82) is 0 Å². The maximum absolute atomic E-state index is 2.98. The smallest absolute Gasteiger partial charge is 1.00 e. The van der Waals surface area contributed by atoms with Crippen LogP contribution in [0.25, 0.3) is 0 Å². The molecule has 0 heterocycles. The van der Waals surface area contributed by atoms with Crippen LogP contribution in [-0.4, -0.2) is 3.71 Å². The van der Waals surface area contributed by atoms with Crippen LogP contribution in [0.15, 0.2) is 124 Å². The van der Waals surface area contributed by atoms with Gasteiger partial charge in [-0.1, -0.05) is 0 Å². The van der Waals surface area contributed by atoms with Gasteiger partial charge in [-0.15, -0.1) is 0 Å². The Morgan fingerprint density at radius 3 is 1.86 bits per heavy atom. The summed E-state index contributed by atoms with van der Waals surface area (Å²) in [6, 6.07) is 11.3. The Labute approximate surface area is 331 Å². The van der Waals surface area contributed by atoms with Crippen LogP contribution in [0, 0.1) is 55.2 Å². The molecule has 0 N–H and O–H groups in total. The zero-order valence-corrected chi connectivity index (χ0v) is 37.3. The zero-order valence-electron chi connectivity index (χ0n) is 33.4. The van der Waals surface area contributed by atoms with Gasteiger partial charge >= 0.3 is 309 Å². The second kappa shape index (κ2) is 13.1. The molecule has 7 rings (SSSR count). The number of fused-ring (bicyclic) bond motifs is 8. The molecule has 10 atom stereocenters. The number of allylic oxidation sites excluding steroid dienone is 16. The molecule has 0 spiro atoms. The van der Waals surface area contributed by atoms with Gasteiger partial charge in [0.1, 0.15) is 0 Å². The van der Waals surface area contributed by atoms with Crippen molar-refractivity contribution in [3.05, 3.63) is 129 Å². The molecule has 1 aromatic carbocycles. The quantitative estimate of drug-likeness (QED) is 0.308. The standard InChI is InChI=1S/C29H37.C11H17.C8H8.2ClH.Zr/c1-21-14-13-15-22-20-27(6)25(4)18-10-9-16-23(25,2)24(3)17-11-12-19-26(24,5)29(27,8)28(21,22)7;1-5-9-6-7-10(8-9)11(2,3)4;1-2-8-6-4-3-5-7-8;;;/h9-20,22H,1-8H3;7-9H,5H2,1-4H3;1,3-7H,2H2;2*1H;/q;;;;;+2/p-2. The molecule has 51 heavy (non-hydrogen) atoms. The largest absolute Gasteiger partial charge is 1.00 e. The Balaban J connectivity index is 0.00000252. The number of halogens is 2. The van der Waals surface area contributed by atoms with Crippen LogP contribution in [0.5, 0.6) is 0 Å². The fourth-order valence-electron chi connectivity index (χ4n) is 13.3. The van der Waals surface area contributed by atoms with Crippen LogP contribution in [-0.2, 0) is 27.7 Å². The van der Waals surface area contributed by atoms with E-state index < -0.39 is 21.3 Å². The van der Waals surface area contributed by atoms with Crippen molar-refractivity contribution in [3.63, 3.8) is 0 Å². The molecule has 0 aliphatic heterocycles. The predicted molar refractivity (Wildman–Crippen MR) is 209 cm³/mol. The Bertz CT molecular complexity index is 1840. The Morgan fingerprint density at radius 2 is 1.29 bits per heavy atom. The van der Waals surface area contributed by atoms with Gasteiger partial charge in [-0.05, 0) is 0 Å². The number of benzene rings is 1. The van der Waals surface area contributed by atoms with Crippen molar-refractivity contribution in [1.82, 2.24) is 0 Å². The first-order chi connectivity index (χ1) is 22.9. The topological polar surface area (TPSA) is 0 Å². The van der Waals surface area contributed by atoms with E-state index in [1.54, 1.807) is 11.1 Å². The van der Waals surface area contributed by atoms with Crippen LogP contribution < -0.4 is 24.8 Å². The molecule has 2 saturated carbocycles. The van der Waals surface area contributed by atoms with Gasteiger partial charge in [-0.2, -0.15) is 0 Å². The average Bonchev–Trinajstić information content (AvgIpc) is 3.58. The van der Waals surface area contributed by atoms with Crippen LogP contribution in [0.1, 0.15) is 95.1 Å². The van der Waals surface area contributed by atoms with Gasteiger partial charge in [-0.25, -0.2) is 0 Å². The SMILES string of the molecule is CCC1C=C(C(C)(C)C)C=[C]1/[Zr+2](=[CH]\Cc1ccccc1)[CH]1C2C=CC=C(C)C2(C)C2(C)C3(C)C=CC=CC3(C)C3(C)C=CC=CC3(C)C12C.[Cl-].[Cl-]. The summed E-state index contributed by atoms with van der Waals surface area (Å²) in [5.41, 5.74) is 4.41. The van der Waals surface area contributed by atoms with Crippen molar-refractivity contribution >= 4 is 3.71 Å². The van der Waals surface area contributed by atoms with Crippen molar-refractivity contribution in [2.75, 3.05) is 0 Å². The molecule has 0 bridgehead atoms. The van der Waals surface area contributed by atoms with E-state index in [1.807, 2.05) is 3.28 Å². The first-order valence-corrected chi connectivity index (χ1v) is 23.3. The molecule has 0 saturated heterocycles. The fourth-order valence-corrected chi connectivity index (χ4v) is 24.0. The molecule has 0 nitrogen and oxygen atoms in total. The van der Waals surface area contributed by atoms with Gasteiger partial charge in [0.25, 0.3) is 0 Å². The van der Waals surface area contributed by atoms with Gasteiger partial charge in [0, 0.05) is 0 Å². The summed E-state index contributed by atoms with van der Waals surface area (Å²) in [6.45, 7) is 31.2. The molecule has 0 radical (unpaired) electrons. The Morgan fingerprint density at radius 1 is 0.745 bits per heavy atom. The van der Waals surface area contributed by atoms with Crippen molar-refractivity contribution in [3.8, 4) is 0 Å². The molecular weight excluding hydrogens is 739 g/mol. The van der Waals surface area contributed by atoms with Crippen LogP contribution in [0.4, 0.5) is 0 Å². The van der Waals surface area contributed by atoms with E-state index in [9.17, 15) is 0 Å².